The highest BCUT2D eigenvalue weighted by Crippen LogP contribution is 2.72. The van der Waals surface area contributed by atoms with Crippen LogP contribution >= 0.6 is 10.3 Å². The topological polar surface area (TPSA) is 83.5 Å². The third-order valence-corrected chi connectivity index (χ3v) is 11.2. The van der Waals surface area contributed by atoms with Crippen LogP contribution in [0.15, 0.2) is 75.4 Å². The maximum Gasteiger partial charge on any atom is 0.524 e. The highest BCUT2D eigenvalue weighted by Gasteiger charge is 2.53. The molecule has 0 atom stereocenters. The molecule has 0 aromatic heterocycles. The first kappa shape index (κ1) is 41.1. The normalized spacial score (nSPS) is 13.9. The van der Waals surface area contributed by atoms with Crippen LogP contribution in [-0.4, -0.2) is 50.4 Å². The molecule has 0 fully saturated rings. The Balaban J connectivity index is 2.60. The smallest absolute Gasteiger partial charge is 0.484 e. The Hall–Kier alpha value is -3.29. The molecule has 3 aromatic carbocycles. The van der Waals surface area contributed by atoms with Gasteiger partial charge in [0.25, 0.3) is 0 Å². The molecule has 0 saturated heterocycles. The minimum Gasteiger partial charge on any atom is -0.484 e. The van der Waals surface area contributed by atoms with Gasteiger partial charge >= 0.3 is 15.6 Å². The van der Waals surface area contributed by atoms with E-state index in [0.29, 0.717) is 11.5 Å². The van der Waals surface area contributed by atoms with Crippen LogP contribution in [0.2, 0.25) is 0 Å². The fourth-order valence-electron chi connectivity index (χ4n) is 4.62. The summed E-state index contributed by atoms with van der Waals surface area (Å²) < 4.78 is 100. The van der Waals surface area contributed by atoms with Crippen LogP contribution in [0.3, 0.4) is 0 Å². The summed E-state index contributed by atoms with van der Waals surface area (Å²) in [7, 11) is -6.38. The molecule has 3 rings (SSSR count). The molecule has 0 saturated carbocycles. The summed E-state index contributed by atoms with van der Waals surface area (Å²) in [5, 5.41) is 0. The molecule has 280 valence electrons. The lowest BCUT2D eigenvalue weighted by atomic mass is 10.1. The number of hydrogen-bond acceptors (Lipinski definition) is 8. The van der Waals surface area contributed by atoms with Crippen molar-refractivity contribution in [2.75, 3.05) is 19.0 Å². The number of hydrogen-bond donors (Lipinski definition) is 0. The third-order valence-electron chi connectivity index (χ3n) is 6.32. The first-order valence-electron chi connectivity index (χ1n) is 16.1. The van der Waals surface area contributed by atoms with Gasteiger partial charge in [-0.15, -0.1) is 0 Å². The minimum absolute atomic E-state index is 0.106. The van der Waals surface area contributed by atoms with Crippen molar-refractivity contribution >= 4 is 26.1 Å². The van der Waals surface area contributed by atoms with Crippen LogP contribution in [0.5, 0.6) is 23.0 Å². The molecule has 0 heterocycles. The van der Waals surface area contributed by atoms with Gasteiger partial charge in [0.2, 0.25) is 0 Å². The van der Waals surface area contributed by atoms with Gasteiger partial charge in [-0.05, 0) is 154 Å². The van der Waals surface area contributed by atoms with Crippen molar-refractivity contribution in [1.82, 2.24) is 0 Å². The van der Waals surface area contributed by atoms with Gasteiger partial charge in [-0.2, -0.15) is 25.2 Å². The second-order valence-electron chi connectivity index (χ2n) is 16.0. The van der Waals surface area contributed by atoms with Crippen LogP contribution in [0.4, 0.5) is 18.9 Å². The Morgan fingerprint density at radius 3 is 1.12 bits per heavy atom. The summed E-state index contributed by atoms with van der Waals surface area (Å²) in [5.74, 6) is 1.02. The molecule has 0 aliphatic heterocycles. The molecule has 0 unspecified atom stereocenters. The van der Waals surface area contributed by atoms with Crippen LogP contribution in [-0.2, 0) is 13.7 Å². The van der Waals surface area contributed by atoms with E-state index in [0.717, 1.165) is 5.69 Å². The lowest BCUT2D eigenvalue weighted by Crippen LogP contribution is -2.28. The van der Waals surface area contributed by atoms with Gasteiger partial charge in [-0.3, -0.25) is 0 Å². The van der Waals surface area contributed by atoms with Crippen LogP contribution < -0.4 is 23.8 Å². The van der Waals surface area contributed by atoms with E-state index in [1.165, 1.54) is 24.3 Å². The largest absolute Gasteiger partial charge is 0.524 e. The standard InChI is InChI=1S/C37H52F3NO7S2/c1-33(2,3)44-29-21-19-27(23-31(29)46-35(7,8)9)49(48-50(42,43)37(38,39)40,26-17-15-25(16-18-26)41(13)14)28-20-22-30(45-34(4,5)6)32(24-28)47-36(10,11)12/h15-24H,1-14H3. The van der Waals surface area contributed by atoms with Crippen LogP contribution in [0.25, 0.3) is 0 Å². The molecule has 50 heavy (non-hydrogen) atoms. The Bertz CT molecular complexity index is 1670. The highest BCUT2D eigenvalue weighted by molar-refractivity contribution is 8.33. The van der Waals surface area contributed by atoms with Crippen molar-refractivity contribution in [3.8, 4) is 23.0 Å². The van der Waals surface area contributed by atoms with E-state index in [4.69, 9.17) is 22.6 Å². The molecule has 3 aromatic rings. The second kappa shape index (κ2) is 14.0. The monoisotopic (exact) mass is 743 g/mol. The van der Waals surface area contributed by atoms with Crippen LogP contribution in [0.1, 0.15) is 83.1 Å². The van der Waals surface area contributed by atoms with Crippen molar-refractivity contribution in [1.29, 1.82) is 0 Å². The number of benzene rings is 3. The summed E-state index contributed by atoms with van der Waals surface area (Å²) >= 11 is 0. The number of halogens is 3. The molecule has 0 aliphatic rings. The summed E-state index contributed by atoms with van der Waals surface area (Å²) in [5.41, 5.74) is -7.87. The van der Waals surface area contributed by atoms with Crippen molar-refractivity contribution in [2.45, 2.75) is 126 Å². The third kappa shape index (κ3) is 10.6. The van der Waals surface area contributed by atoms with Gasteiger partial charge < -0.3 is 23.8 Å². The SMILES string of the molecule is CN(C)c1ccc(S(OS(=O)(=O)C(F)(F)F)(c2ccc(OC(C)(C)C)c(OC(C)(C)C)c2)c2ccc(OC(C)(C)C)c(OC(C)(C)C)c2)cc1. The molecular formula is C37H52F3NO7S2. The first-order chi connectivity index (χ1) is 22.4. The molecule has 0 spiro atoms. The number of rotatable bonds is 10. The highest BCUT2D eigenvalue weighted by atomic mass is 32.3. The quantitative estimate of drug-likeness (QED) is 0.190. The summed E-state index contributed by atoms with van der Waals surface area (Å²) in [6.45, 7) is 22.0. The van der Waals surface area contributed by atoms with E-state index in [1.807, 2.05) is 102 Å². The van der Waals surface area contributed by atoms with Gasteiger partial charge in [0.1, 0.15) is 22.4 Å². The predicted octanol–water partition coefficient (Wildman–Crippen LogP) is 10.5. The van der Waals surface area contributed by atoms with Gasteiger partial charge in [0, 0.05) is 34.5 Å². The summed E-state index contributed by atoms with van der Waals surface area (Å²) in [4.78, 5) is 2.20. The van der Waals surface area contributed by atoms with E-state index in [9.17, 15) is 21.6 Å². The van der Waals surface area contributed by atoms with Crippen LogP contribution in [0, 0.1) is 0 Å². The van der Waals surface area contributed by atoms with Crippen molar-refractivity contribution in [2.24, 2.45) is 0 Å². The first-order valence-corrected chi connectivity index (χ1v) is 19.1. The Morgan fingerprint density at radius 2 is 0.820 bits per heavy atom. The number of anilines is 1. The maximum absolute atomic E-state index is 14.4. The van der Waals surface area contributed by atoms with E-state index in [-0.39, 0.29) is 26.2 Å². The minimum atomic E-state index is -6.22. The Kier molecular flexibility index (Phi) is 11.5. The zero-order valence-electron chi connectivity index (χ0n) is 31.5. The second-order valence-corrected chi connectivity index (χ2v) is 20.4. The van der Waals surface area contributed by atoms with Crippen molar-refractivity contribution in [3.05, 3.63) is 60.7 Å². The van der Waals surface area contributed by atoms with E-state index in [2.05, 4.69) is 0 Å². The zero-order chi connectivity index (χ0) is 38.3. The summed E-state index contributed by atoms with van der Waals surface area (Å²) in [6.07, 6.45) is 0. The van der Waals surface area contributed by atoms with Gasteiger partial charge in [-0.25, -0.2) is 0 Å². The summed E-state index contributed by atoms with van der Waals surface area (Å²) in [6, 6.07) is 15.7. The van der Waals surface area contributed by atoms with Crippen molar-refractivity contribution in [3.63, 3.8) is 0 Å². The average molecular weight is 744 g/mol. The van der Waals surface area contributed by atoms with E-state index < -0.39 is 48.3 Å². The zero-order valence-corrected chi connectivity index (χ0v) is 33.2. The average Bonchev–Trinajstić information content (AvgIpc) is 2.90. The predicted molar refractivity (Wildman–Crippen MR) is 194 cm³/mol. The fraction of sp³-hybridized carbons (Fsp3) is 0.514. The van der Waals surface area contributed by atoms with Gasteiger partial charge in [-0.1, -0.05) is 0 Å². The van der Waals surface area contributed by atoms with E-state index in [1.54, 1.807) is 36.4 Å². The molecule has 0 N–H and O–H groups in total. The number of alkyl halides is 3. The van der Waals surface area contributed by atoms with Gasteiger partial charge in [0.05, 0.1) is 0 Å². The molecule has 8 nitrogen and oxygen atoms in total. The molecule has 13 heteroatoms. The molecule has 0 amide bonds. The lowest BCUT2D eigenvalue weighted by Gasteiger charge is -2.40. The molecular weight excluding hydrogens is 692 g/mol. The maximum atomic E-state index is 14.4. The molecule has 0 aliphatic carbocycles. The molecule has 0 bridgehead atoms. The van der Waals surface area contributed by atoms with Gasteiger partial charge in [0.15, 0.2) is 23.0 Å². The fourth-order valence-corrected chi connectivity index (χ4v) is 9.34. The number of nitrogens with zero attached hydrogens (tertiary/aromatic N) is 1. The van der Waals surface area contributed by atoms with Crippen molar-refractivity contribution < 1.29 is 44.2 Å². The Labute approximate surface area is 297 Å². The lowest BCUT2D eigenvalue weighted by molar-refractivity contribution is -0.0496. The van der Waals surface area contributed by atoms with E-state index >= 15 is 0 Å². The molecule has 0 radical (unpaired) electrons. The Morgan fingerprint density at radius 1 is 0.500 bits per heavy atom. The number of ether oxygens (including phenoxy) is 4.